The molecule has 1 aliphatic heterocycles. The Morgan fingerprint density at radius 3 is 2.27 bits per heavy atom. The Kier molecular flexibility index (Phi) is 6.36. The Morgan fingerprint density at radius 1 is 1.27 bits per heavy atom. The molecule has 0 aromatic rings. The highest BCUT2D eigenvalue weighted by Gasteiger charge is 2.09. The molecule has 1 fully saturated rings. The molecule has 1 atom stereocenters. The minimum Gasteiger partial charge on any atom is -0.748 e. The summed E-state index contributed by atoms with van der Waals surface area (Å²) in [6.07, 6.45) is 3.22. The zero-order valence-electron chi connectivity index (χ0n) is 6.02. The van der Waals surface area contributed by atoms with Gasteiger partial charge in [0, 0.05) is 13.1 Å². The number of hydrogen-bond donors (Lipinski definition) is 0. The number of rotatable bonds is 2. The van der Waals surface area contributed by atoms with Crippen LogP contribution in [0.5, 0.6) is 0 Å². The van der Waals surface area contributed by atoms with Crippen LogP contribution in [0.4, 0.5) is 0 Å². The van der Waals surface area contributed by atoms with Crippen molar-refractivity contribution in [3.05, 3.63) is 0 Å². The predicted octanol–water partition coefficient (Wildman–Crippen LogP) is 0.776. The zero-order valence-corrected chi connectivity index (χ0v) is 8.55. The molecule has 0 bridgehead atoms. The van der Waals surface area contributed by atoms with E-state index in [1.807, 2.05) is 0 Å². The van der Waals surface area contributed by atoms with Crippen LogP contribution < -0.4 is 0 Å². The van der Waals surface area contributed by atoms with Gasteiger partial charge in [0.2, 0.25) is 0 Å². The van der Waals surface area contributed by atoms with Gasteiger partial charge in [-0.05, 0) is 12.8 Å². The van der Waals surface area contributed by atoms with Crippen molar-refractivity contribution in [2.45, 2.75) is 19.3 Å². The summed E-state index contributed by atoms with van der Waals surface area (Å²) in [4.78, 5) is 0. The molecule has 1 saturated heterocycles. The first-order chi connectivity index (χ1) is 4.79. The van der Waals surface area contributed by atoms with Gasteiger partial charge in [-0.15, -0.1) is 17.0 Å². The van der Waals surface area contributed by atoms with Gasteiger partial charge in [0.1, 0.15) is 11.4 Å². The lowest BCUT2D eigenvalue weighted by Gasteiger charge is -2.25. The molecular formula is C5H11BrNO3S-. The number of nitrogens with zero attached hydrogens (tertiary/aromatic N) is 1. The van der Waals surface area contributed by atoms with Gasteiger partial charge in [-0.25, -0.2) is 8.49 Å². The maximum atomic E-state index is 10.0. The molecule has 0 spiro atoms. The van der Waals surface area contributed by atoms with E-state index in [4.69, 9.17) is 0 Å². The topological polar surface area (TPSA) is 52.6 Å². The molecule has 0 N–H and O–H groups in total. The van der Waals surface area contributed by atoms with Crippen molar-refractivity contribution in [2.24, 2.45) is 0 Å². The molecule has 0 amide bonds. The van der Waals surface area contributed by atoms with E-state index in [0.29, 0.717) is 0 Å². The van der Waals surface area contributed by atoms with E-state index in [1.54, 1.807) is 0 Å². The van der Waals surface area contributed by atoms with Crippen LogP contribution in [0.25, 0.3) is 0 Å². The molecule has 0 aromatic heterocycles. The van der Waals surface area contributed by atoms with Crippen molar-refractivity contribution in [1.82, 2.24) is 5.06 Å². The average molecular weight is 245 g/mol. The molecule has 1 unspecified atom stereocenters. The summed E-state index contributed by atoms with van der Waals surface area (Å²) in [5, 5.41) is 1.48. The van der Waals surface area contributed by atoms with Crippen molar-refractivity contribution in [3.8, 4) is 0 Å². The molecule has 11 heavy (non-hydrogen) atoms. The van der Waals surface area contributed by atoms with Gasteiger partial charge >= 0.3 is 0 Å². The first-order valence-electron chi connectivity index (χ1n) is 3.32. The molecule has 0 aromatic carbocycles. The zero-order chi connectivity index (χ0) is 7.40. The molecule has 0 saturated carbocycles. The quantitative estimate of drug-likeness (QED) is 0.674. The van der Waals surface area contributed by atoms with Gasteiger partial charge in [0.05, 0.1) is 0 Å². The second kappa shape index (κ2) is 6.07. The van der Waals surface area contributed by atoms with Gasteiger partial charge in [-0.3, -0.25) is 0 Å². The number of hydrogen-bond acceptors (Lipinski definition) is 4. The van der Waals surface area contributed by atoms with E-state index in [2.05, 4.69) is 4.28 Å². The first kappa shape index (κ1) is 11.5. The lowest BCUT2D eigenvalue weighted by atomic mass is 10.2. The van der Waals surface area contributed by atoms with E-state index >= 15 is 0 Å². The fourth-order valence-electron chi connectivity index (χ4n) is 1.03. The van der Waals surface area contributed by atoms with E-state index in [0.717, 1.165) is 25.9 Å². The summed E-state index contributed by atoms with van der Waals surface area (Å²) in [6, 6.07) is 0. The molecule has 0 radical (unpaired) electrons. The molecule has 0 aliphatic carbocycles. The van der Waals surface area contributed by atoms with Crippen molar-refractivity contribution < 1.29 is 13.0 Å². The van der Waals surface area contributed by atoms with Crippen LogP contribution in [0.15, 0.2) is 0 Å². The highest BCUT2D eigenvalue weighted by Crippen LogP contribution is 2.08. The Hall–Kier alpha value is 0.510. The van der Waals surface area contributed by atoms with Crippen LogP contribution >= 0.6 is 17.0 Å². The van der Waals surface area contributed by atoms with E-state index < -0.39 is 11.4 Å². The maximum Gasteiger partial charge on any atom is 0.106 e. The van der Waals surface area contributed by atoms with Crippen LogP contribution in [-0.2, 0) is 15.6 Å². The van der Waals surface area contributed by atoms with E-state index in [9.17, 15) is 8.76 Å². The third-order valence-electron chi connectivity index (χ3n) is 1.48. The average Bonchev–Trinajstić information content (AvgIpc) is 1.88. The minimum absolute atomic E-state index is 0. The minimum atomic E-state index is -2.39. The maximum absolute atomic E-state index is 10.0. The van der Waals surface area contributed by atoms with Crippen molar-refractivity contribution in [3.63, 3.8) is 0 Å². The van der Waals surface area contributed by atoms with E-state index in [1.165, 1.54) is 11.5 Å². The third-order valence-corrected chi connectivity index (χ3v) is 1.81. The van der Waals surface area contributed by atoms with Gasteiger partial charge in [-0.2, -0.15) is 5.06 Å². The van der Waals surface area contributed by atoms with Gasteiger partial charge < -0.3 is 4.55 Å². The Morgan fingerprint density at radius 2 is 1.82 bits per heavy atom. The van der Waals surface area contributed by atoms with Crippen molar-refractivity contribution in [1.29, 1.82) is 0 Å². The Bertz CT molecular complexity index is 129. The summed E-state index contributed by atoms with van der Waals surface area (Å²) in [5.74, 6) is 0. The predicted molar refractivity (Wildman–Crippen MR) is 45.8 cm³/mol. The van der Waals surface area contributed by atoms with Gasteiger partial charge in [0.15, 0.2) is 0 Å². The second-order valence-corrected chi connectivity index (χ2v) is 2.83. The monoisotopic (exact) mass is 244 g/mol. The molecule has 68 valence electrons. The highest BCUT2D eigenvalue weighted by molar-refractivity contribution is 8.93. The highest BCUT2D eigenvalue weighted by atomic mass is 79.9. The van der Waals surface area contributed by atoms with E-state index in [-0.39, 0.29) is 17.0 Å². The smallest absolute Gasteiger partial charge is 0.106 e. The van der Waals surface area contributed by atoms with Crippen LogP contribution in [0, 0.1) is 0 Å². The molecular weight excluding hydrogens is 234 g/mol. The van der Waals surface area contributed by atoms with Crippen LogP contribution in [-0.4, -0.2) is 26.9 Å². The Balaban J connectivity index is 0.000001000. The standard InChI is InChI=1S/C5H11NO3S.BrH/c7-10(8)9-6-4-2-1-3-5-6;/h1-5H2,(H,7,8);1H/p-1. The summed E-state index contributed by atoms with van der Waals surface area (Å²) in [7, 11) is 0. The van der Waals surface area contributed by atoms with Gasteiger partial charge in [-0.1, -0.05) is 6.42 Å². The van der Waals surface area contributed by atoms with Gasteiger partial charge in [0.25, 0.3) is 0 Å². The Labute approximate surface area is 79.1 Å². The van der Waals surface area contributed by atoms with Crippen LogP contribution in [0.3, 0.4) is 0 Å². The number of hydroxylamine groups is 2. The van der Waals surface area contributed by atoms with Crippen molar-refractivity contribution >= 4 is 28.3 Å². The molecule has 6 heteroatoms. The third kappa shape index (κ3) is 4.86. The first-order valence-corrected chi connectivity index (χ1v) is 4.32. The lowest BCUT2D eigenvalue weighted by molar-refractivity contribution is -0.0673. The second-order valence-electron chi connectivity index (χ2n) is 2.27. The SMILES string of the molecule is Br.O=S([O-])ON1CCCCC1. The largest absolute Gasteiger partial charge is 0.748 e. The number of piperidine rings is 1. The summed E-state index contributed by atoms with van der Waals surface area (Å²) in [6.45, 7) is 1.46. The summed E-state index contributed by atoms with van der Waals surface area (Å²) < 4.78 is 24.4. The van der Waals surface area contributed by atoms with Crippen LogP contribution in [0.1, 0.15) is 19.3 Å². The molecule has 4 nitrogen and oxygen atoms in total. The summed E-state index contributed by atoms with van der Waals surface area (Å²) in [5.41, 5.74) is 0. The molecule has 1 aliphatic rings. The normalized spacial score (nSPS) is 22.3. The molecule has 1 heterocycles. The van der Waals surface area contributed by atoms with Crippen molar-refractivity contribution in [2.75, 3.05) is 13.1 Å². The fourth-order valence-corrected chi connectivity index (χ4v) is 1.35. The fraction of sp³-hybridized carbons (Fsp3) is 1.00. The molecule has 1 rings (SSSR count). The lowest BCUT2D eigenvalue weighted by Crippen LogP contribution is -2.30. The summed E-state index contributed by atoms with van der Waals surface area (Å²) >= 11 is -2.39. The number of halogens is 1. The van der Waals surface area contributed by atoms with Crippen LogP contribution in [0.2, 0.25) is 0 Å².